The number of hydrogen-bond acceptors (Lipinski definition) is 4. The summed E-state index contributed by atoms with van der Waals surface area (Å²) in [6, 6.07) is 12.8. The van der Waals surface area contributed by atoms with E-state index in [1.807, 2.05) is 0 Å². The molecule has 2 aliphatic rings. The summed E-state index contributed by atoms with van der Waals surface area (Å²) in [6.07, 6.45) is -10.7. The van der Waals surface area contributed by atoms with Crippen LogP contribution in [0.15, 0.2) is 64.6 Å². The topological polar surface area (TPSA) is 37.2 Å². The van der Waals surface area contributed by atoms with Gasteiger partial charge in [0, 0.05) is 22.8 Å². The van der Waals surface area contributed by atoms with Gasteiger partial charge in [0.25, 0.3) is 0 Å². The molecule has 1 unspecified atom stereocenters. The molecule has 1 saturated heterocycles. The van der Waals surface area contributed by atoms with E-state index in [9.17, 15) is 26.3 Å². The first-order chi connectivity index (χ1) is 15.5. The summed E-state index contributed by atoms with van der Waals surface area (Å²) in [5.41, 5.74) is -4.53. The highest BCUT2D eigenvalue weighted by atomic mass is 35.5. The molecule has 1 atom stereocenters. The van der Waals surface area contributed by atoms with Gasteiger partial charge in [-0.25, -0.2) is 9.98 Å². The summed E-state index contributed by atoms with van der Waals surface area (Å²) in [6.45, 7) is 0.444. The monoisotopic (exact) mass is 489 g/mol. The average molecular weight is 490 g/mol. The first-order valence-electron chi connectivity index (χ1n) is 10.1. The average Bonchev–Trinajstić information content (AvgIpc) is 3.27. The molecular formula is C22H18ClF6N3O. The lowest BCUT2D eigenvalue weighted by Gasteiger charge is -2.40. The minimum Gasteiger partial charge on any atom is -0.376 e. The Morgan fingerprint density at radius 1 is 0.879 bits per heavy atom. The molecule has 0 radical (unpaired) electrons. The molecule has 176 valence electrons. The van der Waals surface area contributed by atoms with Crippen molar-refractivity contribution in [2.24, 2.45) is 9.98 Å². The third-order valence-electron chi connectivity index (χ3n) is 5.38. The van der Waals surface area contributed by atoms with Gasteiger partial charge in [0.15, 0.2) is 0 Å². The van der Waals surface area contributed by atoms with Crippen LogP contribution in [0.2, 0.25) is 5.02 Å². The van der Waals surface area contributed by atoms with E-state index in [0.717, 1.165) is 6.42 Å². The van der Waals surface area contributed by atoms with E-state index < -0.39 is 35.8 Å². The number of aliphatic imine (C=N–C) groups is 2. The molecule has 2 aromatic carbocycles. The fraction of sp³-hybridized carbons (Fsp3) is 0.364. The molecular weight excluding hydrogens is 472 g/mol. The Balaban J connectivity index is 1.98. The van der Waals surface area contributed by atoms with Crippen LogP contribution < -0.4 is 0 Å². The largest absolute Gasteiger partial charge is 0.443 e. The molecule has 0 bridgehead atoms. The summed E-state index contributed by atoms with van der Waals surface area (Å²) in [5.74, 6) is -0.994. The molecule has 0 spiro atoms. The molecule has 0 aliphatic carbocycles. The number of amidine groups is 2. The molecule has 4 rings (SSSR count). The highest BCUT2D eigenvalue weighted by molar-refractivity contribution is 6.30. The highest BCUT2D eigenvalue weighted by Gasteiger charge is 2.74. The first kappa shape index (κ1) is 23.6. The number of nitrogens with zero attached hydrogens (tertiary/aromatic N) is 3. The second kappa shape index (κ2) is 8.64. The van der Waals surface area contributed by atoms with E-state index in [0.29, 0.717) is 13.0 Å². The van der Waals surface area contributed by atoms with Gasteiger partial charge < -0.3 is 9.64 Å². The second-order valence-corrected chi connectivity index (χ2v) is 8.09. The lowest BCUT2D eigenvalue weighted by atomic mass is 10.0. The maximum absolute atomic E-state index is 14.1. The van der Waals surface area contributed by atoms with Crippen molar-refractivity contribution >= 4 is 23.3 Å². The molecule has 0 saturated carbocycles. The minimum atomic E-state index is -5.83. The van der Waals surface area contributed by atoms with Gasteiger partial charge in [0.1, 0.15) is 11.7 Å². The molecule has 4 nitrogen and oxygen atoms in total. The third-order valence-corrected chi connectivity index (χ3v) is 5.63. The third kappa shape index (κ3) is 4.46. The zero-order valence-electron chi connectivity index (χ0n) is 17.0. The van der Waals surface area contributed by atoms with E-state index >= 15 is 0 Å². The van der Waals surface area contributed by atoms with Gasteiger partial charge in [0.2, 0.25) is 0 Å². The molecule has 0 aromatic heterocycles. The summed E-state index contributed by atoms with van der Waals surface area (Å²) in [7, 11) is 0. The summed E-state index contributed by atoms with van der Waals surface area (Å²) in [4.78, 5) is 7.80. The van der Waals surface area contributed by atoms with Crippen molar-refractivity contribution in [3.8, 4) is 0 Å². The van der Waals surface area contributed by atoms with Crippen molar-refractivity contribution in [2.75, 3.05) is 13.2 Å². The predicted molar refractivity (Wildman–Crippen MR) is 111 cm³/mol. The van der Waals surface area contributed by atoms with Crippen LogP contribution in [0.1, 0.15) is 24.0 Å². The van der Waals surface area contributed by atoms with Crippen molar-refractivity contribution in [2.45, 2.75) is 37.0 Å². The van der Waals surface area contributed by atoms with Crippen LogP contribution in [0.4, 0.5) is 26.3 Å². The minimum absolute atomic E-state index is 0.0129. The number of benzene rings is 2. The van der Waals surface area contributed by atoms with E-state index in [1.165, 1.54) is 53.4 Å². The van der Waals surface area contributed by atoms with Crippen LogP contribution in [0.25, 0.3) is 0 Å². The molecule has 2 aromatic rings. The van der Waals surface area contributed by atoms with Gasteiger partial charge >= 0.3 is 18.0 Å². The normalized spacial score (nSPS) is 21.1. The lowest BCUT2D eigenvalue weighted by molar-refractivity contribution is -0.293. The molecule has 0 amide bonds. The van der Waals surface area contributed by atoms with Crippen LogP contribution >= 0.6 is 11.6 Å². The van der Waals surface area contributed by atoms with Gasteiger partial charge in [0.05, 0.1) is 12.6 Å². The van der Waals surface area contributed by atoms with Gasteiger partial charge in [-0.1, -0.05) is 41.9 Å². The number of rotatable bonds is 4. The van der Waals surface area contributed by atoms with Gasteiger partial charge in [-0.15, -0.1) is 0 Å². The molecule has 11 heteroatoms. The maximum Gasteiger partial charge on any atom is 0.443 e. The van der Waals surface area contributed by atoms with Crippen molar-refractivity contribution < 1.29 is 31.1 Å². The van der Waals surface area contributed by atoms with Crippen molar-refractivity contribution in [3.63, 3.8) is 0 Å². The van der Waals surface area contributed by atoms with E-state index in [4.69, 9.17) is 16.3 Å². The molecule has 0 N–H and O–H groups in total. The maximum atomic E-state index is 14.1. The SMILES string of the molecule is FC(F)(F)C1(C(F)(F)F)N=C(c2ccccc2)N(CC2CCCO2)C(c2ccc(Cl)cc2)=N1. The molecule has 1 fully saturated rings. The Hall–Kier alpha value is -2.59. The van der Waals surface area contributed by atoms with Crippen LogP contribution in [-0.2, 0) is 4.74 Å². The van der Waals surface area contributed by atoms with Crippen LogP contribution in [0.3, 0.4) is 0 Å². The van der Waals surface area contributed by atoms with Crippen molar-refractivity contribution in [1.82, 2.24) is 4.90 Å². The summed E-state index contributed by atoms with van der Waals surface area (Å²) < 4.78 is 90.0. The van der Waals surface area contributed by atoms with Gasteiger partial charge in [-0.05, 0) is 37.1 Å². The fourth-order valence-electron chi connectivity index (χ4n) is 3.76. The smallest absolute Gasteiger partial charge is 0.376 e. The zero-order chi connectivity index (χ0) is 23.9. The number of alkyl halides is 6. The van der Waals surface area contributed by atoms with Crippen LogP contribution in [0.5, 0.6) is 0 Å². The lowest BCUT2D eigenvalue weighted by Crippen LogP contribution is -2.60. The standard InChI is InChI=1S/C22H18ClF6N3O/c23-16-10-8-15(9-11-16)19-31-20(21(24,25)26,22(27,28)29)30-18(14-5-2-1-3-6-14)32(19)13-17-7-4-12-33-17/h1-3,5-6,8-11,17H,4,7,12-13H2. The molecule has 2 aliphatic heterocycles. The Kier molecular flexibility index (Phi) is 6.17. The van der Waals surface area contributed by atoms with Crippen LogP contribution in [-0.4, -0.2) is 53.8 Å². The van der Waals surface area contributed by atoms with Crippen LogP contribution in [0, 0.1) is 0 Å². The Morgan fingerprint density at radius 2 is 1.42 bits per heavy atom. The first-order valence-corrected chi connectivity index (χ1v) is 10.4. The highest BCUT2D eigenvalue weighted by Crippen LogP contribution is 2.49. The van der Waals surface area contributed by atoms with Crippen molar-refractivity contribution in [3.05, 3.63) is 70.7 Å². The quantitative estimate of drug-likeness (QED) is 0.505. The summed E-state index contributed by atoms with van der Waals surface area (Å²) >= 11 is 5.89. The fourth-order valence-corrected chi connectivity index (χ4v) is 3.88. The second-order valence-electron chi connectivity index (χ2n) is 7.66. The summed E-state index contributed by atoms with van der Waals surface area (Å²) in [5, 5.41) is 0.274. The molecule has 2 heterocycles. The number of ether oxygens (including phenoxy) is 1. The predicted octanol–water partition coefficient (Wildman–Crippen LogP) is 5.85. The Morgan fingerprint density at radius 3 is 1.91 bits per heavy atom. The van der Waals surface area contributed by atoms with Gasteiger partial charge in [-0.2, -0.15) is 26.3 Å². The zero-order valence-corrected chi connectivity index (χ0v) is 17.8. The Labute approximate surface area is 190 Å². The molecule has 33 heavy (non-hydrogen) atoms. The van der Waals surface area contributed by atoms with E-state index in [2.05, 4.69) is 9.98 Å². The number of halogens is 7. The van der Waals surface area contributed by atoms with E-state index in [1.54, 1.807) is 6.07 Å². The Bertz CT molecular complexity index is 1030. The van der Waals surface area contributed by atoms with E-state index in [-0.39, 0.29) is 22.7 Å². The van der Waals surface area contributed by atoms with Gasteiger partial charge in [-0.3, -0.25) is 0 Å². The number of hydrogen-bond donors (Lipinski definition) is 0. The van der Waals surface area contributed by atoms with Crippen molar-refractivity contribution in [1.29, 1.82) is 0 Å².